The number of nitrogens with one attached hydrogen (secondary N) is 2. The standard InChI is InChI=1S/C22H22F6N2O2/c23-21(24,25)11-5-7-13(17(31)9-11)19-20(30-16-4-2-1-3-15(16)29-19)14-8-6-12(10-18(14)32)22(26,27)28/h5-10,15-16,19-20,29-32H,1-4H2/t15-,16-,19+,20+/m1/s1. The minimum Gasteiger partial charge on any atom is -0.508 e. The van der Waals surface area contributed by atoms with Crippen LogP contribution in [0.3, 0.4) is 0 Å². The third kappa shape index (κ3) is 4.38. The maximum absolute atomic E-state index is 13.0. The van der Waals surface area contributed by atoms with Crippen LogP contribution in [0.4, 0.5) is 26.3 Å². The summed E-state index contributed by atoms with van der Waals surface area (Å²) >= 11 is 0. The molecule has 1 saturated carbocycles. The van der Waals surface area contributed by atoms with Crippen molar-refractivity contribution < 1.29 is 36.6 Å². The van der Waals surface area contributed by atoms with Gasteiger partial charge in [-0.15, -0.1) is 0 Å². The molecule has 0 amide bonds. The predicted octanol–water partition coefficient (Wildman–Crippen LogP) is 5.42. The zero-order valence-corrected chi connectivity index (χ0v) is 16.8. The predicted molar refractivity (Wildman–Crippen MR) is 104 cm³/mol. The summed E-state index contributed by atoms with van der Waals surface area (Å²) in [7, 11) is 0. The van der Waals surface area contributed by atoms with Crippen molar-refractivity contribution in [3.8, 4) is 11.5 Å². The van der Waals surface area contributed by atoms with Crippen LogP contribution in [0.5, 0.6) is 11.5 Å². The summed E-state index contributed by atoms with van der Waals surface area (Å²) in [5, 5.41) is 27.5. The molecule has 2 aromatic rings. The molecule has 1 aliphatic heterocycles. The number of hydrogen-bond acceptors (Lipinski definition) is 4. The Morgan fingerprint density at radius 3 is 1.34 bits per heavy atom. The second-order valence-electron chi connectivity index (χ2n) is 8.33. The first-order valence-corrected chi connectivity index (χ1v) is 10.3. The van der Waals surface area contributed by atoms with Crippen molar-refractivity contribution >= 4 is 0 Å². The molecule has 1 heterocycles. The number of halogens is 6. The number of phenols is 2. The monoisotopic (exact) mass is 460 g/mol. The van der Waals surface area contributed by atoms with E-state index in [2.05, 4.69) is 10.6 Å². The van der Waals surface area contributed by atoms with Crippen LogP contribution in [0, 0.1) is 0 Å². The van der Waals surface area contributed by atoms with Crippen molar-refractivity contribution in [2.45, 2.75) is 62.2 Å². The van der Waals surface area contributed by atoms with Gasteiger partial charge < -0.3 is 20.8 Å². The molecular formula is C22H22F6N2O2. The van der Waals surface area contributed by atoms with Crippen LogP contribution in [0.2, 0.25) is 0 Å². The van der Waals surface area contributed by atoms with Crippen LogP contribution in [0.1, 0.15) is 60.0 Å². The normalized spacial score (nSPS) is 26.6. The number of rotatable bonds is 2. The molecule has 1 saturated heterocycles. The SMILES string of the molecule is Oc1cc(C(F)(F)F)ccc1[C@@H]1N[C@@H]2CCCC[C@H]2N[C@H]1c1ccc(C(F)(F)F)cc1O. The van der Waals surface area contributed by atoms with E-state index in [-0.39, 0.29) is 23.2 Å². The number of aromatic hydroxyl groups is 2. The first-order chi connectivity index (χ1) is 14.9. The smallest absolute Gasteiger partial charge is 0.416 e. The molecule has 32 heavy (non-hydrogen) atoms. The number of hydrogen-bond donors (Lipinski definition) is 4. The van der Waals surface area contributed by atoms with E-state index in [1.165, 1.54) is 0 Å². The first kappa shape index (κ1) is 22.7. The van der Waals surface area contributed by atoms with Crippen molar-refractivity contribution in [1.82, 2.24) is 10.6 Å². The van der Waals surface area contributed by atoms with Crippen LogP contribution in [0.15, 0.2) is 36.4 Å². The Morgan fingerprint density at radius 1 is 0.656 bits per heavy atom. The highest BCUT2D eigenvalue weighted by Crippen LogP contribution is 2.44. The van der Waals surface area contributed by atoms with Crippen LogP contribution in [0.25, 0.3) is 0 Å². The van der Waals surface area contributed by atoms with Gasteiger partial charge in [-0.05, 0) is 37.1 Å². The molecule has 0 radical (unpaired) electrons. The van der Waals surface area contributed by atoms with Gasteiger partial charge in [0.05, 0.1) is 23.2 Å². The number of fused-ring (bicyclic) bond motifs is 1. The molecule has 4 nitrogen and oxygen atoms in total. The van der Waals surface area contributed by atoms with Crippen molar-refractivity contribution in [3.05, 3.63) is 58.7 Å². The molecule has 2 aromatic carbocycles. The topological polar surface area (TPSA) is 64.5 Å². The maximum Gasteiger partial charge on any atom is 0.416 e. The molecule has 4 N–H and O–H groups in total. The number of piperazine rings is 1. The number of alkyl halides is 6. The molecule has 0 bridgehead atoms. The molecule has 0 spiro atoms. The van der Waals surface area contributed by atoms with Crippen LogP contribution in [-0.4, -0.2) is 22.3 Å². The van der Waals surface area contributed by atoms with E-state index in [0.717, 1.165) is 49.9 Å². The Hall–Kier alpha value is -2.46. The van der Waals surface area contributed by atoms with Gasteiger partial charge in [0.1, 0.15) is 11.5 Å². The van der Waals surface area contributed by atoms with Crippen molar-refractivity contribution in [1.29, 1.82) is 0 Å². The minimum atomic E-state index is -4.63. The van der Waals surface area contributed by atoms with E-state index in [1.54, 1.807) is 0 Å². The van der Waals surface area contributed by atoms with Gasteiger partial charge in [0.2, 0.25) is 0 Å². The van der Waals surface area contributed by atoms with Gasteiger partial charge in [0.15, 0.2) is 0 Å². The zero-order chi connectivity index (χ0) is 23.3. The summed E-state index contributed by atoms with van der Waals surface area (Å²) < 4.78 is 78.2. The van der Waals surface area contributed by atoms with Gasteiger partial charge in [0.25, 0.3) is 0 Å². The highest BCUT2D eigenvalue weighted by Gasteiger charge is 2.41. The van der Waals surface area contributed by atoms with Gasteiger partial charge in [-0.25, -0.2) is 0 Å². The molecule has 2 fully saturated rings. The molecule has 174 valence electrons. The number of benzene rings is 2. The highest BCUT2D eigenvalue weighted by atomic mass is 19.4. The second-order valence-corrected chi connectivity index (χ2v) is 8.33. The Bertz CT molecular complexity index is 912. The van der Waals surface area contributed by atoms with E-state index in [1.807, 2.05) is 0 Å². The lowest BCUT2D eigenvalue weighted by Gasteiger charge is -2.46. The van der Waals surface area contributed by atoms with Gasteiger partial charge in [-0.3, -0.25) is 0 Å². The third-order valence-corrected chi connectivity index (χ3v) is 6.27. The minimum absolute atomic E-state index is 0.0247. The Balaban J connectivity index is 1.75. The lowest BCUT2D eigenvalue weighted by Crippen LogP contribution is -2.59. The van der Waals surface area contributed by atoms with E-state index in [4.69, 9.17) is 0 Å². The van der Waals surface area contributed by atoms with Crippen LogP contribution < -0.4 is 10.6 Å². The Kier molecular flexibility index (Phi) is 5.79. The molecule has 4 rings (SSSR count). The van der Waals surface area contributed by atoms with Crippen molar-refractivity contribution in [2.24, 2.45) is 0 Å². The third-order valence-electron chi connectivity index (χ3n) is 6.27. The highest BCUT2D eigenvalue weighted by molar-refractivity contribution is 5.46. The van der Waals surface area contributed by atoms with Crippen molar-refractivity contribution in [2.75, 3.05) is 0 Å². The van der Waals surface area contributed by atoms with E-state index >= 15 is 0 Å². The van der Waals surface area contributed by atoms with E-state index in [9.17, 15) is 36.6 Å². The number of phenolic OH excluding ortho intramolecular Hbond substituents is 2. The fourth-order valence-electron chi connectivity index (χ4n) is 4.69. The molecule has 1 aliphatic carbocycles. The summed E-state index contributed by atoms with van der Waals surface area (Å²) in [6, 6.07) is 3.72. The summed E-state index contributed by atoms with van der Waals surface area (Å²) in [6.45, 7) is 0. The largest absolute Gasteiger partial charge is 0.508 e. The first-order valence-electron chi connectivity index (χ1n) is 10.3. The Morgan fingerprint density at radius 2 is 1.03 bits per heavy atom. The van der Waals surface area contributed by atoms with E-state index < -0.39 is 47.1 Å². The van der Waals surface area contributed by atoms with Crippen molar-refractivity contribution in [3.63, 3.8) is 0 Å². The lowest BCUT2D eigenvalue weighted by atomic mass is 9.81. The molecule has 2 aliphatic rings. The average molecular weight is 460 g/mol. The second kappa shape index (κ2) is 8.15. The summed E-state index contributed by atoms with van der Waals surface area (Å²) in [5.74, 6) is -1.16. The molecule has 10 heteroatoms. The molecule has 4 atom stereocenters. The zero-order valence-electron chi connectivity index (χ0n) is 16.8. The average Bonchev–Trinajstić information content (AvgIpc) is 2.71. The van der Waals surface area contributed by atoms with Gasteiger partial charge in [0, 0.05) is 23.2 Å². The van der Waals surface area contributed by atoms with Crippen LogP contribution >= 0.6 is 0 Å². The fourth-order valence-corrected chi connectivity index (χ4v) is 4.69. The maximum atomic E-state index is 13.0. The summed E-state index contributed by atoms with van der Waals surface area (Å²) in [6.07, 6.45) is -5.74. The molecule has 0 unspecified atom stereocenters. The summed E-state index contributed by atoms with van der Waals surface area (Å²) in [4.78, 5) is 0. The quantitative estimate of drug-likeness (QED) is 0.452. The lowest BCUT2D eigenvalue weighted by molar-refractivity contribution is -0.138. The van der Waals surface area contributed by atoms with Gasteiger partial charge in [-0.1, -0.05) is 25.0 Å². The molecular weight excluding hydrogens is 438 g/mol. The molecule has 0 aromatic heterocycles. The fraction of sp³-hybridized carbons (Fsp3) is 0.455. The van der Waals surface area contributed by atoms with E-state index in [0.29, 0.717) is 12.1 Å². The Labute approximate surface area is 180 Å². The summed E-state index contributed by atoms with van der Waals surface area (Å²) in [5.41, 5.74) is -1.68. The van der Waals surface area contributed by atoms with Gasteiger partial charge >= 0.3 is 12.4 Å². The van der Waals surface area contributed by atoms with Crippen LogP contribution in [-0.2, 0) is 12.4 Å². The van der Waals surface area contributed by atoms with Gasteiger partial charge in [-0.2, -0.15) is 26.3 Å².